The molecular weight excluding hydrogens is 364 g/mol. The molecule has 2 N–H and O–H groups in total. The monoisotopic (exact) mass is 388 g/mol. The van der Waals surface area contributed by atoms with Crippen LogP contribution in [-0.2, 0) is 14.3 Å². The fraction of sp³-hybridized carbons (Fsp3) is 0.429. The normalized spacial score (nSPS) is 16.9. The van der Waals surface area contributed by atoms with Crippen molar-refractivity contribution in [2.45, 2.75) is 38.1 Å². The van der Waals surface area contributed by atoms with E-state index >= 15 is 0 Å². The zero-order valence-corrected chi connectivity index (χ0v) is 15.8. The number of benzene rings is 2. The van der Waals surface area contributed by atoms with E-state index in [1.165, 1.54) is 0 Å². The third kappa shape index (κ3) is 4.43. The first-order valence-electron chi connectivity index (χ1n) is 9.26. The molecule has 3 atom stereocenters. The first-order valence-corrected chi connectivity index (χ1v) is 9.26. The summed E-state index contributed by atoms with van der Waals surface area (Å²) in [5.41, 5.74) is 0.321. The maximum atomic E-state index is 12.6. The summed E-state index contributed by atoms with van der Waals surface area (Å²) in [6.07, 6.45) is -2.77. The van der Waals surface area contributed by atoms with E-state index in [9.17, 15) is 19.8 Å². The minimum atomic E-state index is -1.76. The summed E-state index contributed by atoms with van der Waals surface area (Å²) < 4.78 is 15.4. The number of aliphatic hydroxyl groups is 2. The zero-order valence-electron chi connectivity index (χ0n) is 15.8. The number of esters is 2. The predicted octanol–water partition coefficient (Wildman–Crippen LogP) is 2.07. The predicted molar refractivity (Wildman–Crippen MR) is 101 cm³/mol. The Bertz CT molecular complexity index is 859. The summed E-state index contributed by atoms with van der Waals surface area (Å²) in [5.74, 6) is -0.929. The molecule has 150 valence electrons. The number of aliphatic hydroxyl groups excluding tert-OH is 2. The van der Waals surface area contributed by atoms with Crippen LogP contribution in [0.4, 0.5) is 0 Å². The van der Waals surface area contributed by atoms with Crippen LogP contribution in [0.25, 0.3) is 10.8 Å². The van der Waals surface area contributed by atoms with E-state index in [1.807, 2.05) is 12.1 Å². The minimum absolute atomic E-state index is 0.0817. The van der Waals surface area contributed by atoms with Crippen molar-refractivity contribution < 1.29 is 34.0 Å². The molecule has 3 rings (SSSR count). The smallest absolute Gasteiger partial charge is 0.338 e. The van der Waals surface area contributed by atoms with E-state index in [2.05, 4.69) is 0 Å². The van der Waals surface area contributed by atoms with E-state index in [0.717, 1.165) is 23.6 Å². The highest BCUT2D eigenvalue weighted by atomic mass is 16.6. The molecule has 0 aromatic heterocycles. The molecule has 1 saturated carbocycles. The molecule has 2 aromatic carbocycles. The van der Waals surface area contributed by atoms with Gasteiger partial charge in [-0.05, 0) is 60.7 Å². The lowest BCUT2D eigenvalue weighted by atomic mass is 10.0. The SMILES string of the molecule is CCOC(=O)[C@@H](O)[C@@H](O)[C@H](OC(=O)c1ccc2cc(OC)ccc2c1)C1CC1. The van der Waals surface area contributed by atoms with Crippen molar-refractivity contribution >= 4 is 22.7 Å². The highest BCUT2D eigenvalue weighted by Gasteiger charge is 2.44. The van der Waals surface area contributed by atoms with Crippen LogP contribution in [0.1, 0.15) is 30.1 Å². The molecule has 0 spiro atoms. The van der Waals surface area contributed by atoms with E-state index in [-0.39, 0.29) is 12.5 Å². The van der Waals surface area contributed by atoms with Gasteiger partial charge in [-0.3, -0.25) is 0 Å². The van der Waals surface area contributed by atoms with Crippen LogP contribution in [0, 0.1) is 5.92 Å². The highest BCUT2D eigenvalue weighted by molar-refractivity contribution is 5.95. The van der Waals surface area contributed by atoms with Crippen LogP contribution in [-0.4, -0.2) is 54.2 Å². The summed E-state index contributed by atoms with van der Waals surface area (Å²) in [6.45, 7) is 1.68. The van der Waals surface area contributed by atoms with Gasteiger partial charge in [0.15, 0.2) is 6.10 Å². The largest absolute Gasteiger partial charge is 0.497 e. The number of carbonyl (C=O) groups excluding carboxylic acids is 2. The van der Waals surface area contributed by atoms with Crippen molar-refractivity contribution in [2.24, 2.45) is 5.92 Å². The van der Waals surface area contributed by atoms with Crippen molar-refractivity contribution in [1.82, 2.24) is 0 Å². The van der Waals surface area contributed by atoms with Crippen molar-refractivity contribution in [3.05, 3.63) is 42.0 Å². The van der Waals surface area contributed by atoms with E-state index in [0.29, 0.717) is 11.3 Å². The van der Waals surface area contributed by atoms with Gasteiger partial charge in [0, 0.05) is 0 Å². The first-order chi connectivity index (χ1) is 13.4. The number of ether oxygens (including phenoxy) is 3. The molecule has 0 unspecified atom stereocenters. The molecule has 0 aliphatic heterocycles. The molecule has 1 aliphatic rings. The second kappa shape index (κ2) is 8.58. The lowest BCUT2D eigenvalue weighted by Crippen LogP contribution is -2.46. The van der Waals surface area contributed by atoms with Gasteiger partial charge in [-0.1, -0.05) is 12.1 Å². The molecule has 0 saturated heterocycles. The molecule has 2 aromatic rings. The Kier molecular flexibility index (Phi) is 6.16. The van der Waals surface area contributed by atoms with Crippen molar-refractivity contribution in [3.63, 3.8) is 0 Å². The Labute approximate surface area is 162 Å². The fourth-order valence-corrected chi connectivity index (χ4v) is 3.09. The average Bonchev–Trinajstić information content (AvgIpc) is 3.55. The van der Waals surface area contributed by atoms with Crippen LogP contribution >= 0.6 is 0 Å². The number of fused-ring (bicyclic) bond motifs is 1. The molecule has 0 amide bonds. The number of hydrogen-bond donors (Lipinski definition) is 2. The van der Waals surface area contributed by atoms with Gasteiger partial charge in [0.2, 0.25) is 0 Å². The Balaban J connectivity index is 1.75. The van der Waals surface area contributed by atoms with Crippen molar-refractivity contribution in [2.75, 3.05) is 13.7 Å². The van der Waals surface area contributed by atoms with Gasteiger partial charge in [0.1, 0.15) is 18.0 Å². The molecule has 0 bridgehead atoms. The maximum Gasteiger partial charge on any atom is 0.338 e. The molecule has 1 fully saturated rings. The van der Waals surface area contributed by atoms with Crippen molar-refractivity contribution in [3.8, 4) is 5.75 Å². The minimum Gasteiger partial charge on any atom is -0.497 e. The molecule has 0 heterocycles. The topological polar surface area (TPSA) is 102 Å². The first kappa shape index (κ1) is 20.1. The van der Waals surface area contributed by atoms with Crippen LogP contribution in [0.5, 0.6) is 5.75 Å². The van der Waals surface area contributed by atoms with Gasteiger partial charge in [-0.25, -0.2) is 9.59 Å². The molecule has 28 heavy (non-hydrogen) atoms. The van der Waals surface area contributed by atoms with Gasteiger partial charge in [-0.2, -0.15) is 0 Å². The third-order valence-electron chi connectivity index (χ3n) is 4.80. The van der Waals surface area contributed by atoms with Crippen LogP contribution < -0.4 is 4.74 Å². The number of hydrogen-bond acceptors (Lipinski definition) is 7. The molecule has 7 nitrogen and oxygen atoms in total. The standard InChI is InChI=1S/C21H24O7/c1-3-27-21(25)18(23)17(22)19(12-4-5-12)28-20(24)15-7-6-14-11-16(26-2)9-8-13(14)10-15/h6-12,17-19,22-23H,3-5H2,1-2H3/t17-,18+,19-/m1/s1. The maximum absolute atomic E-state index is 12.6. The molecule has 7 heteroatoms. The van der Waals surface area contributed by atoms with Gasteiger partial charge >= 0.3 is 11.9 Å². The van der Waals surface area contributed by atoms with Gasteiger partial charge < -0.3 is 24.4 Å². The molecule has 0 radical (unpaired) electrons. The summed E-state index contributed by atoms with van der Waals surface area (Å²) in [6, 6.07) is 10.6. The van der Waals surface area contributed by atoms with Crippen LogP contribution in [0.15, 0.2) is 36.4 Å². The highest BCUT2D eigenvalue weighted by Crippen LogP contribution is 2.37. The van der Waals surface area contributed by atoms with Gasteiger partial charge in [-0.15, -0.1) is 0 Å². The summed E-state index contributed by atoms with van der Waals surface area (Å²) in [7, 11) is 1.58. The quantitative estimate of drug-likeness (QED) is 0.668. The van der Waals surface area contributed by atoms with Crippen LogP contribution in [0.2, 0.25) is 0 Å². The Morgan fingerprint density at radius 3 is 2.43 bits per heavy atom. The lowest BCUT2D eigenvalue weighted by Gasteiger charge is -2.25. The molecule has 1 aliphatic carbocycles. The van der Waals surface area contributed by atoms with Crippen LogP contribution in [0.3, 0.4) is 0 Å². The summed E-state index contributed by atoms with van der Waals surface area (Å²) in [4.78, 5) is 24.3. The third-order valence-corrected chi connectivity index (χ3v) is 4.80. The number of methoxy groups -OCH3 is 1. The summed E-state index contributed by atoms with van der Waals surface area (Å²) >= 11 is 0. The Hall–Kier alpha value is -2.64. The van der Waals surface area contributed by atoms with E-state index in [1.54, 1.807) is 38.3 Å². The second-order valence-corrected chi connectivity index (χ2v) is 6.82. The summed E-state index contributed by atoms with van der Waals surface area (Å²) in [5, 5.41) is 22.1. The van der Waals surface area contributed by atoms with E-state index < -0.39 is 30.3 Å². The fourth-order valence-electron chi connectivity index (χ4n) is 3.09. The zero-order chi connectivity index (χ0) is 20.3. The van der Waals surface area contributed by atoms with Crippen molar-refractivity contribution in [1.29, 1.82) is 0 Å². The lowest BCUT2D eigenvalue weighted by molar-refractivity contribution is -0.165. The average molecular weight is 388 g/mol. The van der Waals surface area contributed by atoms with Gasteiger partial charge in [0.25, 0.3) is 0 Å². The second-order valence-electron chi connectivity index (χ2n) is 6.82. The van der Waals surface area contributed by atoms with Gasteiger partial charge in [0.05, 0.1) is 19.3 Å². The number of rotatable bonds is 8. The number of carbonyl (C=O) groups is 2. The Morgan fingerprint density at radius 1 is 1.11 bits per heavy atom. The van der Waals surface area contributed by atoms with E-state index in [4.69, 9.17) is 14.2 Å². The molecular formula is C21H24O7. The Morgan fingerprint density at radius 2 is 1.79 bits per heavy atom.